The average molecular weight is 574 g/mol. The maximum Gasteiger partial charge on any atom is 0.329 e. The molecule has 1 aliphatic rings. The van der Waals surface area contributed by atoms with E-state index in [9.17, 15) is 13.2 Å². The lowest BCUT2D eigenvalue weighted by Crippen LogP contribution is -2.37. The van der Waals surface area contributed by atoms with Gasteiger partial charge in [0.15, 0.2) is 0 Å². The van der Waals surface area contributed by atoms with Gasteiger partial charge in [-0.25, -0.2) is 8.61 Å². The van der Waals surface area contributed by atoms with Crippen molar-refractivity contribution >= 4 is 46.3 Å². The van der Waals surface area contributed by atoms with Gasteiger partial charge in [0.05, 0.1) is 5.69 Å². The van der Waals surface area contributed by atoms with Crippen LogP contribution in [0.2, 0.25) is 25.7 Å². The normalized spacial score (nSPS) is 15.1. The summed E-state index contributed by atoms with van der Waals surface area (Å²) in [4.78, 5) is 12.9. The Hall–Kier alpha value is -3.82. The zero-order chi connectivity index (χ0) is 28.5. The molecule has 0 aliphatic carbocycles. The summed E-state index contributed by atoms with van der Waals surface area (Å²) >= 11 is 0. The van der Waals surface area contributed by atoms with Crippen molar-refractivity contribution in [1.29, 1.82) is 0 Å². The average Bonchev–Trinajstić information content (AvgIpc) is 3.14. The van der Waals surface area contributed by atoms with Gasteiger partial charge in [-0.2, -0.15) is 8.42 Å². The molecule has 9 heteroatoms. The standard InChI is InChI=1S/C31H35N3O4SSi/c1-40(2,3)16-15-33-31(35)21-34(39(33,36)37)29-14-13-24(18-30(29)38-22-23-9-5-4-6-10-23)17-27-19-25-11-7-8-12-26(25)20-28(27)32/h4-14,18-20H,15-17,21-22,32H2,1-3H3. The van der Waals surface area contributed by atoms with Gasteiger partial charge in [-0.15, -0.1) is 0 Å². The molecule has 0 radical (unpaired) electrons. The Balaban J connectivity index is 1.48. The maximum absolute atomic E-state index is 13.6. The summed E-state index contributed by atoms with van der Waals surface area (Å²) in [5, 5.41) is 2.18. The molecule has 1 aliphatic heterocycles. The number of fused-ring (bicyclic) bond motifs is 1. The van der Waals surface area contributed by atoms with Crippen LogP contribution in [-0.2, 0) is 28.0 Å². The van der Waals surface area contributed by atoms with Gasteiger partial charge in [0.1, 0.15) is 18.9 Å². The number of carbonyl (C=O) groups is 1. The van der Waals surface area contributed by atoms with Crippen molar-refractivity contribution < 1.29 is 17.9 Å². The van der Waals surface area contributed by atoms with Crippen LogP contribution in [0.15, 0.2) is 84.9 Å². The first-order valence-corrected chi connectivity index (χ1v) is 18.5. The molecule has 0 spiro atoms. The van der Waals surface area contributed by atoms with Gasteiger partial charge in [-0.3, -0.25) is 4.79 Å². The van der Waals surface area contributed by atoms with Crippen molar-refractivity contribution in [3.05, 3.63) is 102 Å². The van der Waals surface area contributed by atoms with Crippen LogP contribution >= 0.6 is 0 Å². The SMILES string of the molecule is C[Si](C)(C)CCN1C(=O)CN(c2ccc(Cc3cc4ccccc4cc3N)cc2OCc2ccccc2)S1(=O)=O. The Morgan fingerprint density at radius 1 is 0.875 bits per heavy atom. The number of ether oxygens (including phenoxy) is 1. The Kier molecular flexibility index (Phi) is 7.61. The molecule has 5 rings (SSSR count). The van der Waals surface area contributed by atoms with Crippen LogP contribution in [0.25, 0.3) is 10.8 Å². The summed E-state index contributed by atoms with van der Waals surface area (Å²) in [5.41, 5.74) is 10.3. The van der Waals surface area contributed by atoms with Gasteiger partial charge in [0.2, 0.25) is 0 Å². The fourth-order valence-electron chi connectivity index (χ4n) is 4.82. The predicted octanol–water partition coefficient (Wildman–Crippen LogP) is 5.82. The largest absolute Gasteiger partial charge is 0.487 e. The van der Waals surface area contributed by atoms with E-state index in [1.165, 1.54) is 4.31 Å². The van der Waals surface area contributed by atoms with Gasteiger partial charge >= 0.3 is 10.2 Å². The van der Waals surface area contributed by atoms with E-state index in [2.05, 4.69) is 31.8 Å². The monoisotopic (exact) mass is 573 g/mol. The highest BCUT2D eigenvalue weighted by Gasteiger charge is 2.43. The Morgan fingerprint density at radius 3 is 2.25 bits per heavy atom. The number of hydrogen-bond donors (Lipinski definition) is 1. The number of benzene rings is 4. The van der Waals surface area contributed by atoms with Crippen LogP contribution in [0, 0.1) is 0 Å². The lowest BCUT2D eigenvalue weighted by molar-refractivity contribution is -0.123. The zero-order valence-corrected chi connectivity index (χ0v) is 24.9. The third-order valence-corrected chi connectivity index (χ3v) is 10.7. The second kappa shape index (κ2) is 11.0. The van der Waals surface area contributed by atoms with E-state index in [1.54, 1.807) is 6.07 Å². The maximum atomic E-state index is 13.6. The van der Waals surface area contributed by atoms with E-state index in [0.717, 1.165) is 31.8 Å². The molecule has 7 nitrogen and oxygen atoms in total. The molecule has 208 valence electrons. The summed E-state index contributed by atoms with van der Waals surface area (Å²) < 4.78 is 35.6. The molecule has 40 heavy (non-hydrogen) atoms. The summed E-state index contributed by atoms with van der Waals surface area (Å²) in [6, 6.07) is 28.0. The van der Waals surface area contributed by atoms with E-state index >= 15 is 0 Å². The van der Waals surface area contributed by atoms with Crippen LogP contribution in [-0.4, -0.2) is 39.8 Å². The van der Waals surface area contributed by atoms with Gasteiger partial charge in [0, 0.05) is 20.3 Å². The van der Waals surface area contributed by atoms with Crippen LogP contribution in [0.4, 0.5) is 11.4 Å². The van der Waals surface area contributed by atoms with E-state index in [0.29, 0.717) is 29.6 Å². The molecule has 4 aromatic rings. The fourth-order valence-corrected chi connectivity index (χ4v) is 7.43. The second-order valence-electron chi connectivity index (χ2n) is 11.4. The highest BCUT2D eigenvalue weighted by molar-refractivity contribution is 7.91. The highest BCUT2D eigenvalue weighted by atomic mass is 32.2. The lowest BCUT2D eigenvalue weighted by atomic mass is 9.99. The number of anilines is 2. The number of nitrogens with two attached hydrogens (primary N) is 1. The molecule has 1 saturated heterocycles. The highest BCUT2D eigenvalue weighted by Crippen LogP contribution is 2.37. The molecule has 1 amide bonds. The molecule has 0 atom stereocenters. The lowest BCUT2D eigenvalue weighted by Gasteiger charge is -2.24. The third-order valence-electron chi connectivity index (χ3n) is 7.11. The Bertz CT molecular complexity index is 1650. The molecular weight excluding hydrogens is 539 g/mol. The quantitative estimate of drug-likeness (QED) is 0.201. The first-order valence-electron chi connectivity index (χ1n) is 13.4. The molecule has 2 N–H and O–H groups in total. The number of carbonyl (C=O) groups excluding carboxylic acids is 1. The summed E-state index contributed by atoms with van der Waals surface area (Å²) in [6.07, 6.45) is 0.548. The van der Waals surface area contributed by atoms with E-state index in [4.69, 9.17) is 10.5 Å². The van der Waals surface area contributed by atoms with E-state index in [1.807, 2.05) is 66.7 Å². The number of amides is 1. The first-order chi connectivity index (χ1) is 19.0. The van der Waals surface area contributed by atoms with Gasteiger partial charge < -0.3 is 10.5 Å². The molecule has 1 heterocycles. The summed E-state index contributed by atoms with van der Waals surface area (Å²) in [5.74, 6) is -0.00981. The van der Waals surface area contributed by atoms with Crippen LogP contribution in [0.5, 0.6) is 5.75 Å². The molecule has 0 unspecified atom stereocenters. The van der Waals surface area contributed by atoms with Crippen LogP contribution in [0.1, 0.15) is 16.7 Å². The van der Waals surface area contributed by atoms with Crippen molar-refractivity contribution in [2.24, 2.45) is 0 Å². The summed E-state index contributed by atoms with van der Waals surface area (Å²) in [6.45, 7) is 6.70. The molecule has 1 fully saturated rings. The van der Waals surface area contributed by atoms with Crippen molar-refractivity contribution in [1.82, 2.24) is 4.31 Å². The first kappa shape index (κ1) is 27.7. The number of nitrogens with zero attached hydrogens (tertiary/aromatic N) is 2. The molecule has 0 bridgehead atoms. The number of hydrogen-bond acceptors (Lipinski definition) is 5. The fraction of sp³-hybridized carbons (Fsp3) is 0.258. The smallest absolute Gasteiger partial charge is 0.329 e. The van der Waals surface area contributed by atoms with E-state index < -0.39 is 24.2 Å². The number of rotatable bonds is 9. The molecule has 4 aromatic carbocycles. The molecular formula is C31H35N3O4SSi. The minimum atomic E-state index is -4.02. The molecule has 0 aromatic heterocycles. The number of nitrogen functional groups attached to an aromatic ring is 1. The topological polar surface area (TPSA) is 92.9 Å². The Labute approximate surface area is 237 Å². The van der Waals surface area contributed by atoms with Gasteiger partial charge in [0.25, 0.3) is 5.91 Å². The van der Waals surface area contributed by atoms with Crippen molar-refractivity contribution in [3.8, 4) is 5.75 Å². The minimum absolute atomic E-state index is 0.201. The van der Waals surface area contributed by atoms with Crippen molar-refractivity contribution in [3.63, 3.8) is 0 Å². The second-order valence-corrected chi connectivity index (χ2v) is 18.8. The van der Waals surface area contributed by atoms with Gasteiger partial charge in [-0.05, 0) is 64.2 Å². The van der Waals surface area contributed by atoms with Crippen molar-refractivity contribution in [2.45, 2.75) is 38.7 Å². The Morgan fingerprint density at radius 2 is 1.55 bits per heavy atom. The van der Waals surface area contributed by atoms with E-state index in [-0.39, 0.29) is 19.7 Å². The van der Waals surface area contributed by atoms with Gasteiger partial charge in [-0.1, -0.05) is 80.3 Å². The minimum Gasteiger partial charge on any atom is -0.487 e. The molecule has 0 saturated carbocycles. The van der Waals surface area contributed by atoms with Crippen LogP contribution < -0.4 is 14.8 Å². The van der Waals surface area contributed by atoms with Crippen molar-refractivity contribution in [2.75, 3.05) is 23.1 Å². The van der Waals surface area contributed by atoms with Crippen LogP contribution in [0.3, 0.4) is 0 Å². The predicted molar refractivity (Wildman–Crippen MR) is 165 cm³/mol. The summed E-state index contributed by atoms with van der Waals surface area (Å²) in [7, 11) is -5.58. The zero-order valence-electron chi connectivity index (χ0n) is 23.1. The third kappa shape index (κ3) is 6.00.